The van der Waals surface area contributed by atoms with Gasteiger partial charge in [-0.3, -0.25) is 4.79 Å². The van der Waals surface area contributed by atoms with Gasteiger partial charge in [0.25, 0.3) is 0 Å². The predicted octanol–water partition coefficient (Wildman–Crippen LogP) is 3.75. The van der Waals surface area contributed by atoms with Gasteiger partial charge in [0.15, 0.2) is 0 Å². The number of nitrogens with zero attached hydrogens (tertiary/aromatic N) is 1. The highest BCUT2D eigenvalue weighted by Crippen LogP contribution is 2.25. The molecule has 1 fully saturated rings. The summed E-state index contributed by atoms with van der Waals surface area (Å²) in [6, 6.07) is 7.05. The first-order valence-corrected chi connectivity index (χ1v) is 9.12. The number of benzene rings is 1. The fourth-order valence-electron chi connectivity index (χ4n) is 2.99. The van der Waals surface area contributed by atoms with E-state index in [1.165, 1.54) is 19.3 Å². The largest absolute Gasteiger partial charge is 0.508 e. The number of amides is 1. The standard InChI is InChI=1S/C18H22N2O2S/c21-15-8-6-13(7-9-15)16-12-23-17(20-16)10-11-19-18(22)14-4-2-1-3-5-14/h6-9,12,14,21H,1-5,10-11H2,(H,19,22). The molecule has 2 aromatic rings. The third-order valence-corrected chi connectivity index (χ3v) is 5.24. The van der Waals surface area contributed by atoms with E-state index in [0.29, 0.717) is 6.54 Å². The molecule has 1 amide bonds. The predicted molar refractivity (Wildman–Crippen MR) is 92.5 cm³/mol. The molecule has 0 unspecified atom stereocenters. The van der Waals surface area contributed by atoms with Gasteiger partial charge in [-0.15, -0.1) is 11.3 Å². The first kappa shape index (κ1) is 16.0. The summed E-state index contributed by atoms with van der Waals surface area (Å²) < 4.78 is 0. The second-order valence-corrected chi connectivity index (χ2v) is 6.99. The third kappa shape index (κ3) is 4.32. The van der Waals surface area contributed by atoms with Gasteiger partial charge in [0.05, 0.1) is 10.7 Å². The molecule has 1 aromatic carbocycles. The van der Waals surface area contributed by atoms with Gasteiger partial charge in [-0.1, -0.05) is 19.3 Å². The Labute approximate surface area is 140 Å². The zero-order valence-electron chi connectivity index (χ0n) is 13.1. The Morgan fingerprint density at radius 2 is 1.96 bits per heavy atom. The fourth-order valence-corrected chi connectivity index (χ4v) is 3.80. The van der Waals surface area contributed by atoms with Crippen LogP contribution >= 0.6 is 11.3 Å². The van der Waals surface area contributed by atoms with Gasteiger partial charge in [-0.2, -0.15) is 0 Å². The maximum Gasteiger partial charge on any atom is 0.223 e. The summed E-state index contributed by atoms with van der Waals surface area (Å²) in [4.78, 5) is 16.7. The first-order chi connectivity index (χ1) is 11.2. The molecule has 1 heterocycles. The van der Waals surface area contributed by atoms with Crippen LogP contribution in [0.15, 0.2) is 29.6 Å². The molecule has 0 spiro atoms. The molecule has 4 nitrogen and oxygen atoms in total. The SMILES string of the molecule is O=C(NCCc1nc(-c2ccc(O)cc2)cs1)C1CCCCC1. The molecule has 1 aliphatic rings. The highest BCUT2D eigenvalue weighted by atomic mass is 32.1. The minimum absolute atomic E-state index is 0.208. The zero-order chi connectivity index (χ0) is 16.1. The van der Waals surface area contributed by atoms with E-state index in [4.69, 9.17) is 0 Å². The quantitative estimate of drug-likeness (QED) is 0.877. The Bertz CT molecular complexity index is 645. The van der Waals surface area contributed by atoms with Gasteiger partial charge in [0.1, 0.15) is 5.75 Å². The molecule has 23 heavy (non-hydrogen) atoms. The van der Waals surface area contributed by atoms with Crippen LogP contribution in [0.3, 0.4) is 0 Å². The summed E-state index contributed by atoms with van der Waals surface area (Å²) in [5, 5.41) is 15.4. The van der Waals surface area contributed by atoms with Crippen LogP contribution < -0.4 is 5.32 Å². The summed E-state index contributed by atoms with van der Waals surface area (Å²) in [7, 11) is 0. The lowest BCUT2D eigenvalue weighted by atomic mass is 9.89. The van der Waals surface area contributed by atoms with E-state index in [9.17, 15) is 9.90 Å². The maximum atomic E-state index is 12.1. The molecule has 1 aliphatic carbocycles. The molecular formula is C18H22N2O2S. The lowest BCUT2D eigenvalue weighted by molar-refractivity contribution is -0.125. The van der Waals surface area contributed by atoms with Crippen LogP contribution in [0.1, 0.15) is 37.1 Å². The van der Waals surface area contributed by atoms with Gasteiger partial charge in [0.2, 0.25) is 5.91 Å². The van der Waals surface area contributed by atoms with Crippen LogP contribution in [0, 0.1) is 5.92 Å². The normalized spacial score (nSPS) is 15.5. The van der Waals surface area contributed by atoms with Crippen LogP contribution in [0.2, 0.25) is 0 Å². The fraction of sp³-hybridized carbons (Fsp3) is 0.444. The van der Waals surface area contributed by atoms with E-state index in [1.54, 1.807) is 23.5 Å². The molecule has 122 valence electrons. The van der Waals surface area contributed by atoms with Crippen molar-refractivity contribution in [1.29, 1.82) is 0 Å². The Kier molecular flexibility index (Phi) is 5.28. The molecule has 0 aliphatic heterocycles. The zero-order valence-corrected chi connectivity index (χ0v) is 13.9. The molecule has 1 aromatic heterocycles. The van der Waals surface area contributed by atoms with Crippen molar-refractivity contribution in [1.82, 2.24) is 10.3 Å². The third-order valence-electron chi connectivity index (χ3n) is 4.33. The number of nitrogens with one attached hydrogen (secondary N) is 1. The molecule has 0 saturated heterocycles. The molecule has 2 N–H and O–H groups in total. The van der Waals surface area contributed by atoms with Crippen molar-refractivity contribution in [2.45, 2.75) is 38.5 Å². The number of carbonyl (C=O) groups excluding carboxylic acids is 1. The van der Waals surface area contributed by atoms with Crippen molar-refractivity contribution < 1.29 is 9.90 Å². The molecule has 3 rings (SSSR count). The number of carbonyl (C=O) groups is 1. The number of thiazole rings is 1. The van der Waals surface area contributed by atoms with Gasteiger partial charge in [-0.05, 0) is 37.1 Å². The second kappa shape index (κ2) is 7.59. The van der Waals surface area contributed by atoms with Crippen molar-refractivity contribution >= 4 is 17.2 Å². The highest BCUT2D eigenvalue weighted by molar-refractivity contribution is 7.09. The summed E-state index contributed by atoms with van der Waals surface area (Å²) in [5.74, 6) is 0.683. The minimum Gasteiger partial charge on any atom is -0.508 e. The average Bonchev–Trinajstić information content (AvgIpc) is 3.05. The van der Waals surface area contributed by atoms with E-state index < -0.39 is 0 Å². The van der Waals surface area contributed by atoms with E-state index in [-0.39, 0.29) is 17.6 Å². The van der Waals surface area contributed by atoms with E-state index in [1.807, 2.05) is 17.5 Å². The van der Waals surface area contributed by atoms with Gasteiger partial charge in [-0.25, -0.2) is 4.98 Å². The van der Waals surface area contributed by atoms with Crippen LogP contribution in [-0.2, 0) is 11.2 Å². The van der Waals surface area contributed by atoms with Crippen LogP contribution in [0.5, 0.6) is 5.75 Å². The van der Waals surface area contributed by atoms with Crippen molar-refractivity contribution in [2.24, 2.45) is 5.92 Å². The van der Waals surface area contributed by atoms with Crippen LogP contribution in [0.4, 0.5) is 0 Å². The molecule has 0 radical (unpaired) electrons. The number of aromatic nitrogens is 1. The number of aromatic hydroxyl groups is 1. The Balaban J connectivity index is 1.49. The second-order valence-electron chi connectivity index (χ2n) is 6.05. The van der Waals surface area contributed by atoms with Crippen molar-refractivity contribution in [3.8, 4) is 17.0 Å². The minimum atomic E-state index is 0.208. The van der Waals surface area contributed by atoms with Crippen LogP contribution in [0.25, 0.3) is 11.3 Å². The summed E-state index contributed by atoms with van der Waals surface area (Å²) in [6.07, 6.45) is 6.47. The summed E-state index contributed by atoms with van der Waals surface area (Å²) >= 11 is 1.61. The molecule has 5 heteroatoms. The van der Waals surface area contributed by atoms with Crippen molar-refractivity contribution in [2.75, 3.05) is 6.54 Å². The average molecular weight is 330 g/mol. The van der Waals surface area contributed by atoms with Crippen molar-refractivity contribution in [3.05, 3.63) is 34.7 Å². The lowest BCUT2D eigenvalue weighted by Gasteiger charge is -2.20. The molecule has 0 bridgehead atoms. The van der Waals surface area contributed by atoms with Gasteiger partial charge < -0.3 is 10.4 Å². The van der Waals surface area contributed by atoms with Gasteiger partial charge >= 0.3 is 0 Å². The van der Waals surface area contributed by atoms with Gasteiger partial charge in [0, 0.05) is 29.8 Å². The lowest BCUT2D eigenvalue weighted by Crippen LogP contribution is -2.33. The Hall–Kier alpha value is -1.88. The number of phenolic OH excluding ortho intramolecular Hbond substituents is 1. The van der Waals surface area contributed by atoms with E-state index >= 15 is 0 Å². The number of hydrogen-bond acceptors (Lipinski definition) is 4. The first-order valence-electron chi connectivity index (χ1n) is 8.24. The summed E-state index contributed by atoms with van der Waals surface area (Å²) in [5.41, 5.74) is 1.92. The van der Waals surface area contributed by atoms with E-state index in [0.717, 1.165) is 35.5 Å². The Morgan fingerprint density at radius 1 is 1.22 bits per heavy atom. The maximum absolute atomic E-state index is 12.1. The van der Waals surface area contributed by atoms with Crippen LogP contribution in [-0.4, -0.2) is 22.5 Å². The smallest absolute Gasteiger partial charge is 0.223 e. The number of phenols is 1. The highest BCUT2D eigenvalue weighted by Gasteiger charge is 2.20. The monoisotopic (exact) mass is 330 g/mol. The van der Waals surface area contributed by atoms with E-state index in [2.05, 4.69) is 10.3 Å². The summed E-state index contributed by atoms with van der Waals surface area (Å²) in [6.45, 7) is 0.651. The molecule has 0 atom stereocenters. The number of rotatable bonds is 5. The van der Waals surface area contributed by atoms with Crippen molar-refractivity contribution in [3.63, 3.8) is 0 Å². The Morgan fingerprint density at radius 3 is 2.70 bits per heavy atom. The molecular weight excluding hydrogens is 308 g/mol. The molecule has 1 saturated carbocycles. The topological polar surface area (TPSA) is 62.2 Å². The number of hydrogen-bond donors (Lipinski definition) is 2.